The summed E-state index contributed by atoms with van der Waals surface area (Å²) in [4.78, 5) is 5.42. The predicted octanol–water partition coefficient (Wildman–Crippen LogP) is 4.29. The van der Waals surface area contributed by atoms with Crippen molar-refractivity contribution in [1.29, 1.82) is 0 Å². The Morgan fingerprint density at radius 1 is 1.50 bits per heavy atom. The van der Waals surface area contributed by atoms with Crippen molar-refractivity contribution in [3.05, 3.63) is 48.9 Å². The molecule has 0 amide bonds. The standard InChI is InChI=1S/C13H14ClIN2S/c1-2-17-13(6-10-7-16-8-18-10)11-5-9(14)3-4-12(11)15/h3-5,7-8,13,17H,2,6H2,1H3. The lowest BCUT2D eigenvalue weighted by Crippen LogP contribution is -2.23. The second-order valence-electron chi connectivity index (χ2n) is 3.95. The molecule has 5 heteroatoms. The van der Waals surface area contributed by atoms with E-state index in [1.807, 2.05) is 17.8 Å². The first kappa shape index (κ1) is 14.2. The number of hydrogen-bond donors (Lipinski definition) is 1. The van der Waals surface area contributed by atoms with Crippen LogP contribution in [0.2, 0.25) is 5.02 Å². The second kappa shape index (κ2) is 6.84. The molecule has 0 saturated heterocycles. The SMILES string of the molecule is CCNC(Cc1cncs1)c1cc(Cl)ccc1I. The first-order valence-corrected chi connectivity index (χ1v) is 8.10. The highest BCUT2D eigenvalue weighted by molar-refractivity contribution is 14.1. The molecule has 1 unspecified atom stereocenters. The van der Waals surface area contributed by atoms with Gasteiger partial charge in [0.15, 0.2) is 0 Å². The molecule has 1 atom stereocenters. The van der Waals surface area contributed by atoms with E-state index in [0.29, 0.717) is 6.04 Å². The largest absolute Gasteiger partial charge is 0.310 e. The van der Waals surface area contributed by atoms with E-state index in [0.717, 1.165) is 18.0 Å². The molecule has 96 valence electrons. The average molecular weight is 393 g/mol. The van der Waals surface area contributed by atoms with E-state index in [1.165, 1.54) is 14.0 Å². The average Bonchev–Trinajstić information content (AvgIpc) is 2.85. The van der Waals surface area contributed by atoms with Gasteiger partial charge in [0.05, 0.1) is 5.51 Å². The Hall–Kier alpha value is -0.170. The molecule has 0 radical (unpaired) electrons. The maximum absolute atomic E-state index is 6.10. The maximum Gasteiger partial charge on any atom is 0.0794 e. The van der Waals surface area contributed by atoms with E-state index in [9.17, 15) is 0 Å². The van der Waals surface area contributed by atoms with Crippen LogP contribution in [0.15, 0.2) is 29.9 Å². The Balaban J connectivity index is 2.26. The van der Waals surface area contributed by atoms with Crippen LogP contribution < -0.4 is 5.32 Å². The first-order chi connectivity index (χ1) is 8.70. The molecular weight excluding hydrogens is 379 g/mol. The molecule has 18 heavy (non-hydrogen) atoms. The lowest BCUT2D eigenvalue weighted by molar-refractivity contribution is 0.551. The predicted molar refractivity (Wildman–Crippen MR) is 86.4 cm³/mol. The fourth-order valence-electron chi connectivity index (χ4n) is 1.86. The van der Waals surface area contributed by atoms with Gasteiger partial charge in [0, 0.05) is 32.1 Å². The fraction of sp³-hybridized carbons (Fsp3) is 0.308. The zero-order valence-electron chi connectivity index (χ0n) is 9.99. The summed E-state index contributed by atoms with van der Waals surface area (Å²) in [5.74, 6) is 0. The van der Waals surface area contributed by atoms with Gasteiger partial charge in [-0.05, 0) is 52.9 Å². The summed E-state index contributed by atoms with van der Waals surface area (Å²) >= 11 is 10.2. The summed E-state index contributed by atoms with van der Waals surface area (Å²) in [6.07, 6.45) is 2.89. The van der Waals surface area contributed by atoms with Crippen LogP contribution in [0.3, 0.4) is 0 Å². The lowest BCUT2D eigenvalue weighted by Gasteiger charge is -2.19. The van der Waals surface area contributed by atoms with Gasteiger partial charge in [-0.1, -0.05) is 18.5 Å². The quantitative estimate of drug-likeness (QED) is 0.768. The Kier molecular flexibility index (Phi) is 5.41. The van der Waals surface area contributed by atoms with Crippen molar-refractivity contribution in [3.8, 4) is 0 Å². The normalized spacial score (nSPS) is 12.6. The fourth-order valence-corrected chi connectivity index (χ4v) is 3.40. The Bertz CT molecular complexity index is 502. The molecular formula is C13H14ClIN2S. The number of halogens is 2. The number of nitrogens with zero attached hydrogens (tertiary/aromatic N) is 1. The number of likely N-dealkylation sites (N-methyl/N-ethyl adjacent to an activating group) is 1. The highest BCUT2D eigenvalue weighted by Crippen LogP contribution is 2.27. The smallest absolute Gasteiger partial charge is 0.0794 e. The molecule has 0 aliphatic carbocycles. The number of rotatable bonds is 5. The second-order valence-corrected chi connectivity index (χ2v) is 6.52. The first-order valence-electron chi connectivity index (χ1n) is 5.76. The molecule has 1 aromatic carbocycles. The van der Waals surface area contributed by atoms with E-state index >= 15 is 0 Å². The third-order valence-corrected chi connectivity index (χ3v) is 4.69. The highest BCUT2D eigenvalue weighted by atomic mass is 127. The van der Waals surface area contributed by atoms with Crippen molar-refractivity contribution in [2.45, 2.75) is 19.4 Å². The van der Waals surface area contributed by atoms with Gasteiger partial charge >= 0.3 is 0 Å². The zero-order valence-corrected chi connectivity index (χ0v) is 13.7. The topological polar surface area (TPSA) is 24.9 Å². The van der Waals surface area contributed by atoms with Gasteiger partial charge in [0.25, 0.3) is 0 Å². The van der Waals surface area contributed by atoms with Crippen LogP contribution in [0.4, 0.5) is 0 Å². The van der Waals surface area contributed by atoms with E-state index in [4.69, 9.17) is 11.6 Å². The number of benzene rings is 1. The van der Waals surface area contributed by atoms with Crippen molar-refractivity contribution < 1.29 is 0 Å². The highest BCUT2D eigenvalue weighted by Gasteiger charge is 2.15. The molecule has 0 bridgehead atoms. The number of hydrogen-bond acceptors (Lipinski definition) is 3. The van der Waals surface area contributed by atoms with Gasteiger partial charge in [-0.15, -0.1) is 11.3 Å². The molecule has 1 aromatic heterocycles. The lowest BCUT2D eigenvalue weighted by atomic mass is 10.0. The van der Waals surface area contributed by atoms with Crippen LogP contribution in [0.25, 0.3) is 0 Å². The maximum atomic E-state index is 6.10. The minimum absolute atomic E-state index is 0.293. The van der Waals surface area contributed by atoms with Gasteiger partial charge in [-0.3, -0.25) is 4.98 Å². The van der Waals surface area contributed by atoms with Crippen LogP contribution in [0.1, 0.15) is 23.4 Å². The summed E-state index contributed by atoms with van der Waals surface area (Å²) in [7, 11) is 0. The van der Waals surface area contributed by atoms with Crippen molar-refractivity contribution in [1.82, 2.24) is 10.3 Å². The summed E-state index contributed by atoms with van der Waals surface area (Å²) < 4.78 is 1.24. The van der Waals surface area contributed by atoms with E-state index in [2.05, 4.69) is 51.9 Å². The van der Waals surface area contributed by atoms with Crippen LogP contribution in [0.5, 0.6) is 0 Å². The molecule has 1 heterocycles. The third kappa shape index (κ3) is 3.66. The summed E-state index contributed by atoms with van der Waals surface area (Å²) in [5.41, 5.74) is 3.14. The monoisotopic (exact) mass is 392 g/mol. The van der Waals surface area contributed by atoms with Crippen LogP contribution in [-0.2, 0) is 6.42 Å². The molecule has 0 saturated carbocycles. The minimum atomic E-state index is 0.293. The van der Waals surface area contributed by atoms with E-state index in [-0.39, 0.29) is 0 Å². The zero-order chi connectivity index (χ0) is 13.0. The molecule has 1 N–H and O–H groups in total. The molecule has 2 rings (SSSR count). The van der Waals surface area contributed by atoms with Gasteiger partial charge in [0.2, 0.25) is 0 Å². The van der Waals surface area contributed by atoms with E-state index < -0.39 is 0 Å². The van der Waals surface area contributed by atoms with Crippen molar-refractivity contribution >= 4 is 45.5 Å². The summed E-state index contributed by atoms with van der Waals surface area (Å²) in [5, 5.41) is 4.31. The van der Waals surface area contributed by atoms with Crippen molar-refractivity contribution in [3.63, 3.8) is 0 Å². The van der Waals surface area contributed by atoms with Gasteiger partial charge < -0.3 is 5.32 Å². The Morgan fingerprint density at radius 2 is 2.33 bits per heavy atom. The number of nitrogens with one attached hydrogen (secondary N) is 1. The van der Waals surface area contributed by atoms with Gasteiger partial charge in [-0.2, -0.15) is 0 Å². The van der Waals surface area contributed by atoms with Crippen LogP contribution in [0, 0.1) is 3.57 Å². The molecule has 0 aliphatic heterocycles. The molecule has 0 fully saturated rings. The number of thiazole rings is 1. The van der Waals surface area contributed by atoms with Gasteiger partial charge in [-0.25, -0.2) is 0 Å². The molecule has 0 spiro atoms. The molecule has 2 nitrogen and oxygen atoms in total. The summed E-state index contributed by atoms with van der Waals surface area (Å²) in [6.45, 7) is 3.06. The van der Waals surface area contributed by atoms with Crippen LogP contribution in [-0.4, -0.2) is 11.5 Å². The number of aromatic nitrogens is 1. The van der Waals surface area contributed by atoms with Crippen molar-refractivity contribution in [2.24, 2.45) is 0 Å². The summed E-state index contributed by atoms with van der Waals surface area (Å²) in [6, 6.07) is 6.34. The Morgan fingerprint density at radius 3 is 3.00 bits per heavy atom. The molecule has 2 aromatic rings. The van der Waals surface area contributed by atoms with Crippen molar-refractivity contribution in [2.75, 3.05) is 6.54 Å². The van der Waals surface area contributed by atoms with E-state index in [1.54, 1.807) is 11.3 Å². The minimum Gasteiger partial charge on any atom is -0.310 e. The third-order valence-electron chi connectivity index (χ3n) is 2.67. The Labute approximate surface area is 130 Å². The molecule has 0 aliphatic rings. The van der Waals surface area contributed by atoms with Crippen LogP contribution >= 0.6 is 45.5 Å². The van der Waals surface area contributed by atoms with Gasteiger partial charge in [0.1, 0.15) is 0 Å².